The fraction of sp³-hybridized carbons (Fsp3) is 0.500. The highest BCUT2D eigenvalue weighted by molar-refractivity contribution is 7.89. The molecule has 1 unspecified atom stereocenters. The standard InChI is InChI=1S/C12H20N2O2S/c1-4-14-10(2)9-11-5-7-12(8-6-11)17(15,16)13-3/h5-8,10,13-14H,4,9H2,1-3H3. The van der Waals surface area contributed by atoms with Gasteiger partial charge in [-0.3, -0.25) is 0 Å². The molecule has 1 rings (SSSR count). The molecule has 0 saturated heterocycles. The van der Waals surface area contributed by atoms with Gasteiger partial charge in [-0.15, -0.1) is 0 Å². The van der Waals surface area contributed by atoms with E-state index in [0.29, 0.717) is 10.9 Å². The second-order valence-corrected chi connectivity index (χ2v) is 5.90. The van der Waals surface area contributed by atoms with E-state index in [1.807, 2.05) is 12.1 Å². The molecule has 0 radical (unpaired) electrons. The number of benzene rings is 1. The molecule has 0 fully saturated rings. The fourth-order valence-corrected chi connectivity index (χ4v) is 2.43. The molecule has 0 amide bonds. The summed E-state index contributed by atoms with van der Waals surface area (Å²) in [7, 11) is -1.91. The summed E-state index contributed by atoms with van der Waals surface area (Å²) in [5.74, 6) is 0. The van der Waals surface area contributed by atoms with Crippen LogP contribution in [0.3, 0.4) is 0 Å². The minimum atomic E-state index is -3.32. The van der Waals surface area contributed by atoms with Gasteiger partial charge in [-0.1, -0.05) is 19.1 Å². The van der Waals surface area contributed by atoms with E-state index in [-0.39, 0.29) is 0 Å². The van der Waals surface area contributed by atoms with Gasteiger partial charge < -0.3 is 5.32 Å². The molecule has 0 saturated carbocycles. The van der Waals surface area contributed by atoms with Crippen molar-refractivity contribution < 1.29 is 8.42 Å². The molecule has 1 atom stereocenters. The molecule has 0 aromatic heterocycles. The zero-order valence-corrected chi connectivity index (χ0v) is 11.3. The normalized spacial score (nSPS) is 13.6. The van der Waals surface area contributed by atoms with Crippen LogP contribution in [0.5, 0.6) is 0 Å². The van der Waals surface area contributed by atoms with Crippen LogP contribution in [0.2, 0.25) is 0 Å². The molecule has 0 heterocycles. The largest absolute Gasteiger partial charge is 0.314 e. The SMILES string of the molecule is CCNC(C)Cc1ccc(S(=O)(=O)NC)cc1. The monoisotopic (exact) mass is 256 g/mol. The molecule has 0 aliphatic heterocycles. The first-order valence-electron chi connectivity index (χ1n) is 5.75. The lowest BCUT2D eigenvalue weighted by Crippen LogP contribution is -2.27. The Bertz CT molecular complexity index is 440. The first-order valence-corrected chi connectivity index (χ1v) is 7.23. The highest BCUT2D eigenvalue weighted by atomic mass is 32.2. The Hall–Kier alpha value is -0.910. The van der Waals surface area contributed by atoms with Gasteiger partial charge in [0.1, 0.15) is 0 Å². The maximum absolute atomic E-state index is 11.5. The minimum Gasteiger partial charge on any atom is -0.314 e. The Labute approximate surface area is 103 Å². The number of sulfonamides is 1. The maximum Gasteiger partial charge on any atom is 0.240 e. The van der Waals surface area contributed by atoms with Crippen LogP contribution >= 0.6 is 0 Å². The smallest absolute Gasteiger partial charge is 0.240 e. The van der Waals surface area contributed by atoms with Crippen molar-refractivity contribution in [1.82, 2.24) is 10.0 Å². The van der Waals surface area contributed by atoms with Crippen LogP contribution in [-0.2, 0) is 16.4 Å². The van der Waals surface area contributed by atoms with Crippen LogP contribution in [0.1, 0.15) is 19.4 Å². The van der Waals surface area contributed by atoms with E-state index in [0.717, 1.165) is 18.5 Å². The van der Waals surface area contributed by atoms with E-state index >= 15 is 0 Å². The van der Waals surface area contributed by atoms with Crippen molar-refractivity contribution in [3.63, 3.8) is 0 Å². The predicted octanol–water partition coefficient (Wildman–Crippen LogP) is 1.14. The van der Waals surface area contributed by atoms with Gasteiger partial charge in [0.25, 0.3) is 0 Å². The van der Waals surface area contributed by atoms with E-state index in [2.05, 4.69) is 23.9 Å². The molecule has 1 aromatic carbocycles. The topological polar surface area (TPSA) is 58.2 Å². The molecule has 1 aromatic rings. The summed E-state index contributed by atoms with van der Waals surface area (Å²) in [6.07, 6.45) is 0.897. The molecule has 4 nitrogen and oxygen atoms in total. The third kappa shape index (κ3) is 4.11. The maximum atomic E-state index is 11.5. The number of nitrogens with one attached hydrogen (secondary N) is 2. The molecule has 0 aliphatic carbocycles. The lowest BCUT2D eigenvalue weighted by atomic mass is 10.1. The Morgan fingerprint density at radius 3 is 2.29 bits per heavy atom. The average molecular weight is 256 g/mol. The summed E-state index contributed by atoms with van der Waals surface area (Å²) < 4.78 is 25.3. The molecule has 0 spiro atoms. The third-order valence-corrected chi connectivity index (χ3v) is 4.03. The van der Waals surface area contributed by atoms with Crippen LogP contribution < -0.4 is 10.0 Å². The summed E-state index contributed by atoms with van der Waals surface area (Å²) in [5.41, 5.74) is 1.13. The molecule has 96 valence electrons. The zero-order valence-electron chi connectivity index (χ0n) is 10.5. The van der Waals surface area contributed by atoms with Crippen molar-refractivity contribution in [2.75, 3.05) is 13.6 Å². The van der Waals surface area contributed by atoms with Crippen molar-refractivity contribution in [2.24, 2.45) is 0 Å². The van der Waals surface area contributed by atoms with Crippen LogP contribution in [0.15, 0.2) is 29.2 Å². The van der Waals surface area contributed by atoms with Crippen molar-refractivity contribution in [3.05, 3.63) is 29.8 Å². The third-order valence-electron chi connectivity index (χ3n) is 2.60. The van der Waals surface area contributed by atoms with Crippen molar-refractivity contribution in [2.45, 2.75) is 31.2 Å². The van der Waals surface area contributed by atoms with Gasteiger partial charge in [-0.05, 0) is 44.6 Å². The highest BCUT2D eigenvalue weighted by Gasteiger charge is 2.10. The minimum absolute atomic E-state index is 0.305. The Kier molecular flexibility index (Phi) is 5.11. The molecular formula is C12H20N2O2S. The van der Waals surface area contributed by atoms with Gasteiger partial charge in [0.2, 0.25) is 10.0 Å². The van der Waals surface area contributed by atoms with Gasteiger partial charge >= 0.3 is 0 Å². The Balaban J connectivity index is 2.75. The Morgan fingerprint density at radius 1 is 1.24 bits per heavy atom. The van der Waals surface area contributed by atoms with Crippen molar-refractivity contribution in [3.8, 4) is 0 Å². The predicted molar refractivity (Wildman–Crippen MR) is 69.5 cm³/mol. The van der Waals surface area contributed by atoms with E-state index in [1.165, 1.54) is 7.05 Å². The molecule has 5 heteroatoms. The number of rotatable bonds is 6. The summed E-state index contributed by atoms with van der Waals surface area (Å²) in [6.45, 7) is 5.12. The first-order chi connectivity index (χ1) is 7.99. The van der Waals surface area contributed by atoms with Crippen LogP contribution in [0.4, 0.5) is 0 Å². The lowest BCUT2D eigenvalue weighted by Gasteiger charge is -2.12. The van der Waals surface area contributed by atoms with Crippen molar-refractivity contribution in [1.29, 1.82) is 0 Å². The second kappa shape index (κ2) is 6.14. The molecule has 2 N–H and O–H groups in total. The van der Waals surface area contributed by atoms with Crippen molar-refractivity contribution >= 4 is 10.0 Å². The zero-order chi connectivity index (χ0) is 12.9. The summed E-state index contributed by atoms with van der Waals surface area (Å²) in [5, 5.41) is 3.32. The second-order valence-electron chi connectivity index (χ2n) is 4.01. The van der Waals surface area contributed by atoms with Gasteiger partial charge in [0, 0.05) is 6.04 Å². The van der Waals surface area contributed by atoms with Gasteiger partial charge in [-0.2, -0.15) is 0 Å². The number of likely N-dealkylation sites (N-methyl/N-ethyl adjacent to an activating group) is 1. The van der Waals surface area contributed by atoms with Crippen LogP contribution in [0.25, 0.3) is 0 Å². The quantitative estimate of drug-likeness (QED) is 0.802. The van der Waals surface area contributed by atoms with Crippen LogP contribution in [0, 0.1) is 0 Å². The van der Waals surface area contributed by atoms with E-state index in [1.54, 1.807) is 12.1 Å². The van der Waals surface area contributed by atoms with E-state index < -0.39 is 10.0 Å². The highest BCUT2D eigenvalue weighted by Crippen LogP contribution is 2.11. The fourth-order valence-electron chi connectivity index (χ4n) is 1.70. The van der Waals surface area contributed by atoms with E-state index in [9.17, 15) is 8.42 Å². The Morgan fingerprint density at radius 2 is 1.82 bits per heavy atom. The molecule has 0 bridgehead atoms. The molecule has 17 heavy (non-hydrogen) atoms. The van der Waals surface area contributed by atoms with Gasteiger partial charge in [0.05, 0.1) is 4.90 Å². The number of hydrogen-bond acceptors (Lipinski definition) is 3. The summed E-state index contributed by atoms with van der Waals surface area (Å²) in [4.78, 5) is 0.305. The first kappa shape index (κ1) is 14.2. The van der Waals surface area contributed by atoms with Gasteiger partial charge in [-0.25, -0.2) is 13.1 Å². The molecule has 0 aliphatic rings. The summed E-state index contributed by atoms with van der Waals surface area (Å²) >= 11 is 0. The van der Waals surface area contributed by atoms with E-state index in [4.69, 9.17) is 0 Å². The summed E-state index contributed by atoms with van der Waals surface area (Å²) in [6, 6.07) is 7.39. The number of hydrogen-bond donors (Lipinski definition) is 2. The van der Waals surface area contributed by atoms with Crippen LogP contribution in [-0.4, -0.2) is 28.1 Å². The molecular weight excluding hydrogens is 236 g/mol. The lowest BCUT2D eigenvalue weighted by molar-refractivity contribution is 0.565. The average Bonchev–Trinajstić information content (AvgIpc) is 2.30. The van der Waals surface area contributed by atoms with Gasteiger partial charge in [0.15, 0.2) is 0 Å².